The number of nitrogens with zero attached hydrogens (tertiary/aromatic N) is 3. The molecule has 0 bridgehead atoms. The van der Waals surface area contributed by atoms with E-state index in [1.54, 1.807) is 18.2 Å². The Kier molecular flexibility index (Phi) is 5.57. The first kappa shape index (κ1) is 18.4. The summed E-state index contributed by atoms with van der Waals surface area (Å²) in [5.41, 5.74) is 1.36. The molecule has 0 radical (unpaired) electrons. The zero-order valence-electron chi connectivity index (χ0n) is 15.4. The molecule has 0 aliphatic heterocycles. The molecular weight excluding hydrogens is 369 g/mol. The Labute approximate surface area is 167 Å². The van der Waals surface area contributed by atoms with Crippen molar-refractivity contribution in [3.8, 4) is 11.5 Å². The van der Waals surface area contributed by atoms with Crippen LogP contribution in [0.2, 0.25) is 0 Å². The summed E-state index contributed by atoms with van der Waals surface area (Å²) in [5.74, 6) is 2.06. The largest absolute Gasteiger partial charge is 0.457 e. The number of ether oxygens (including phenoxy) is 1. The van der Waals surface area contributed by atoms with E-state index < -0.39 is 0 Å². The van der Waals surface area contributed by atoms with Crippen LogP contribution in [0.3, 0.4) is 0 Å². The molecule has 0 atom stereocenters. The molecule has 3 aromatic carbocycles. The van der Waals surface area contributed by atoms with Gasteiger partial charge in [-0.15, -0.1) is 5.10 Å². The number of hydrogen-bond acceptors (Lipinski definition) is 6. The normalized spacial score (nSPS) is 10.4. The van der Waals surface area contributed by atoms with Gasteiger partial charge in [-0.25, -0.2) is 4.39 Å². The highest BCUT2D eigenvalue weighted by atomic mass is 19.1. The SMILES string of the molecule is Fc1ccccc1CNc1nncc(Nc2ccc(Oc3ccccc3)cc2)n1. The summed E-state index contributed by atoms with van der Waals surface area (Å²) in [7, 11) is 0. The molecule has 144 valence electrons. The van der Waals surface area contributed by atoms with Crippen LogP contribution in [0, 0.1) is 5.82 Å². The van der Waals surface area contributed by atoms with Gasteiger partial charge in [0.05, 0.1) is 6.20 Å². The molecule has 4 rings (SSSR count). The Morgan fingerprint density at radius 3 is 2.34 bits per heavy atom. The van der Waals surface area contributed by atoms with Crippen molar-refractivity contribution in [3.05, 3.63) is 96.4 Å². The lowest BCUT2D eigenvalue weighted by Crippen LogP contribution is -2.07. The van der Waals surface area contributed by atoms with Crippen LogP contribution < -0.4 is 15.4 Å². The quantitative estimate of drug-likeness (QED) is 0.456. The highest BCUT2D eigenvalue weighted by Crippen LogP contribution is 2.24. The molecule has 0 aliphatic rings. The smallest absolute Gasteiger partial charge is 0.244 e. The standard InChI is InChI=1S/C22H18FN5O/c23-20-9-5-4-6-16(20)14-24-22-27-21(15-25-28-22)26-17-10-12-19(13-11-17)29-18-7-2-1-3-8-18/h1-13,15H,14H2,(H2,24,26,27,28). The van der Waals surface area contributed by atoms with E-state index >= 15 is 0 Å². The van der Waals surface area contributed by atoms with E-state index in [2.05, 4.69) is 25.8 Å². The molecule has 1 aromatic heterocycles. The highest BCUT2D eigenvalue weighted by molar-refractivity contribution is 5.57. The maximum Gasteiger partial charge on any atom is 0.244 e. The zero-order valence-corrected chi connectivity index (χ0v) is 15.4. The zero-order chi connectivity index (χ0) is 19.9. The van der Waals surface area contributed by atoms with Crippen LogP contribution in [0.25, 0.3) is 0 Å². The molecular formula is C22H18FN5O. The van der Waals surface area contributed by atoms with Crippen molar-refractivity contribution in [1.29, 1.82) is 0 Å². The number of para-hydroxylation sites is 1. The van der Waals surface area contributed by atoms with Crippen LogP contribution in [-0.4, -0.2) is 15.2 Å². The maximum atomic E-state index is 13.7. The van der Waals surface area contributed by atoms with Crippen LogP contribution in [0.15, 0.2) is 85.1 Å². The highest BCUT2D eigenvalue weighted by Gasteiger charge is 2.05. The predicted octanol–water partition coefficient (Wildman–Crippen LogP) is 5.16. The molecule has 0 spiro atoms. The summed E-state index contributed by atoms with van der Waals surface area (Å²) in [4.78, 5) is 4.35. The number of nitrogens with one attached hydrogen (secondary N) is 2. The summed E-state index contributed by atoms with van der Waals surface area (Å²) in [5, 5.41) is 14.0. The van der Waals surface area contributed by atoms with Gasteiger partial charge in [0.15, 0.2) is 5.82 Å². The van der Waals surface area contributed by atoms with Gasteiger partial charge in [0.2, 0.25) is 5.95 Å². The van der Waals surface area contributed by atoms with Gasteiger partial charge in [-0.05, 0) is 42.5 Å². The van der Waals surface area contributed by atoms with Gasteiger partial charge in [0, 0.05) is 17.8 Å². The fraction of sp³-hybridized carbons (Fsp3) is 0.0455. The summed E-state index contributed by atoms with van der Waals surface area (Å²) in [6, 6.07) is 23.6. The van der Waals surface area contributed by atoms with Gasteiger partial charge in [0.1, 0.15) is 17.3 Å². The second-order valence-electron chi connectivity index (χ2n) is 6.17. The Morgan fingerprint density at radius 1 is 0.828 bits per heavy atom. The van der Waals surface area contributed by atoms with Gasteiger partial charge < -0.3 is 15.4 Å². The average Bonchev–Trinajstić information content (AvgIpc) is 2.76. The molecule has 4 aromatic rings. The van der Waals surface area contributed by atoms with Crippen molar-refractivity contribution >= 4 is 17.5 Å². The van der Waals surface area contributed by atoms with Gasteiger partial charge in [0.25, 0.3) is 0 Å². The van der Waals surface area contributed by atoms with E-state index in [1.165, 1.54) is 12.3 Å². The van der Waals surface area contributed by atoms with E-state index in [0.717, 1.165) is 17.2 Å². The minimum atomic E-state index is -0.278. The van der Waals surface area contributed by atoms with Gasteiger partial charge in [-0.3, -0.25) is 0 Å². The van der Waals surface area contributed by atoms with E-state index in [1.807, 2.05) is 54.6 Å². The number of halogens is 1. The summed E-state index contributed by atoms with van der Waals surface area (Å²) in [6.45, 7) is 0.267. The van der Waals surface area contributed by atoms with Crippen LogP contribution in [0.1, 0.15) is 5.56 Å². The Balaban J connectivity index is 1.38. The van der Waals surface area contributed by atoms with E-state index in [0.29, 0.717) is 17.3 Å². The molecule has 1 heterocycles. The molecule has 0 amide bonds. The molecule has 7 heteroatoms. The Bertz CT molecular complexity index is 1070. The number of anilines is 3. The number of rotatable bonds is 7. The Hall–Kier alpha value is -4.00. The van der Waals surface area contributed by atoms with Crippen molar-refractivity contribution in [3.63, 3.8) is 0 Å². The summed E-state index contributed by atoms with van der Waals surface area (Å²) < 4.78 is 19.5. The maximum absolute atomic E-state index is 13.7. The third-order valence-corrected chi connectivity index (χ3v) is 4.06. The fourth-order valence-electron chi connectivity index (χ4n) is 2.63. The number of hydrogen-bond donors (Lipinski definition) is 2. The van der Waals surface area contributed by atoms with Crippen molar-refractivity contribution in [2.45, 2.75) is 6.54 Å². The van der Waals surface area contributed by atoms with Crippen molar-refractivity contribution < 1.29 is 9.13 Å². The minimum absolute atomic E-state index is 0.267. The second-order valence-corrected chi connectivity index (χ2v) is 6.17. The molecule has 0 saturated carbocycles. The lowest BCUT2D eigenvalue weighted by Gasteiger charge is -2.09. The van der Waals surface area contributed by atoms with Crippen LogP contribution in [0.5, 0.6) is 11.5 Å². The first-order valence-corrected chi connectivity index (χ1v) is 9.03. The minimum Gasteiger partial charge on any atom is -0.457 e. The van der Waals surface area contributed by atoms with Crippen LogP contribution in [-0.2, 0) is 6.54 Å². The van der Waals surface area contributed by atoms with Gasteiger partial charge >= 0.3 is 0 Å². The molecule has 0 unspecified atom stereocenters. The van der Waals surface area contributed by atoms with E-state index in [4.69, 9.17) is 4.74 Å². The summed E-state index contributed by atoms with van der Waals surface area (Å²) in [6.07, 6.45) is 1.52. The molecule has 2 N–H and O–H groups in total. The van der Waals surface area contributed by atoms with Crippen molar-refractivity contribution in [1.82, 2.24) is 15.2 Å². The van der Waals surface area contributed by atoms with Gasteiger partial charge in [-0.1, -0.05) is 36.4 Å². The predicted molar refractivity (Wildman–Crippen MR) is 110 cm³/mol. The van der Waals surface area contributed by atoms with Gasteiger partial charge in [-0.2, -0.15) is 10.1 Å². The molecule has 29 heavy (non-hydrogen) atoms. The first-order valence-electron chi connectivity index (χ1n) is 9.03. The molecule has 0 saturated heterocycles. The molecule has 0 fully saturated rings. The average molecular weight is 387 g/mol. The topological polar surface area (TPSA) is 72.0 Å². The summed E-state index contributed by atoms with van der Waals surface area (Å²) >= 11 is 0. The van der Waals surface area contributed by atoms with Crippen LogP contribution in [0.4, 0.5) is 21.8 Å². The number of benzene rings is 3. The molecule has 0 aliphatic carbocycles. The van der Waals surface area contributed by atoms with E-state index in [9.17, 15) is 4.39 Å². The first-order chi connectivity index (χ1) is 14.3. The van der Waals surface area contributed by atoms with Crippen molar-refractivity contribution in [2.75, 3.05) is 10.6 Å². The second kappa shape index (κ2) is 8.79. The third-order valence-electron chi connectivity index (χ3n) is 4.06. The third kappa shape index (κ3) is 5.04. The monoisotopic (exact) mass is 387 g/mol. The Morgan fingerprint density at radius 2 is 1.55 bits per heavy atom. The lowest BCUT2D eigenvalue weighted by molar-refractivity contribution is 0.483. The van der Waals surface area contributed by atoms with E-state index in [-0.39, 0.29) is 12.4 Å². The number of aromatic nitrogens is 3. The fourth-order valence-corrected chi connectivity index (χ4v) is 2.63. The van der Waals surface area contributed by atoms with Crippen molar-refractivity contribution in [2.24, 2.45) is 0 Å². The lowest BCUT2D eigenvalue weighted by atomic mass is 10.2. The van der Waals surface area contributed by atoms with Crippen LogP contribution >= 0.6 is 0 Å². The molecule has 6 nitrogen and oxygen atoms in total.